The predicted octanol–water partition coefficient (Wildman–Crippen LogP) is 5.52. The van der Waals surface area contributed by atoms with E-state index in [1.807, 2.05) is 12.1 Å². The summed E-state index contributed by atoms with van der Waals surface area (Å²) in [5.74, 6) is 1.42. The molecule has 0 heterocycles. The molecule has 0 saturated carbocycles. The maximum Gasteiger partial charge on any atom is 0.0426 e. The van der Waals surface area contributed by atoms with E-state index in [1.54, 1.807) is 0 Å². The molecular weight excluding hydrogens is 242 g/mol. The summed E-state index contributed by atoms with van der Waals surface area (Å²) in [6.45, 7) is 11.2. The van der Waals surface area contributed by atoms with Crippen molar-refractivity contribution in [3.05, 3.63) is 28.8 Å². The van der Waals surface area contributed by atoms with Gasteiger partial charge in [0.15, 0.2) is 0 Å². The number of hydrogen-bond acceptors (Lipinski definition) is 1. The second-order valence-electron chi connectivity index (χ2n) is 6.06. The first kappa shape index (κ1) is 15.4. The Balaban J connectivity index is 2.77. The van der Waals surface area contributed by atoms with Crippen molar-refractivity contribution >= 4 is 17.3 Å². The van der Waals surface area contributed by atoms with Crippen molar-refractivity contribution in [3.63, 3.8) is 0 Å². The molecule has 0 amide bonds. The molecule has 1 aromatic rings. The highest BCUT2D eigenvalue weighted by molar-refractivity contribution is 6.30. The number of anilines is 1. The molecule has 0 aromatic heterocycles. The maximum atomic E-state index is 6.07. The Morgan fingerprint density at radius 3 is 2.11 bits per heavy atom. The molecular formula is C16H26ClN. The largest absolute Gasteiger partial charge is 0.382 e. The number of hydrogen-bond donors (Lipinski definition) is 1. The number of rotatable bonds is 6. The number of aryl methyl sites for hydroxylation is 1. The lowest BCUT2D eigenvalue weighted by Gasteiger charge is -2.24. The smallest absolute Gasteiger partial charge is 0.0426 e. The van der Waals surface area contributed by atoms with Crippen LogP contribution in [0.4, 0.5) is 5.69 Å². The van der Waals surface area contributed by atoms with Gasteiger partial charge >= 0.3 is 0 Å². The zero-order valence-electron chi connectivity index (χ0n) is 12.3. The molecule has 0 aliphatic rings. The van der Waals surface area contributed by atoms with E-state index >= 15 is 0 Å². The Labute approximate surface area is 117 Å². The molecule has 0 fully saturated rings. The van der Waals surface area contributed by atoms with Crippen molar-refractivity contribution in [2.75, 3.05) is 5.32 Å². The van der Waals surface area contributed by atoms with E-state index in [4.69, 9.17) is 11.6 Å². The standard InChI is InChI=1S/C16H26ClN/c1-11(2)8-15(9-12(3)4)18-16-10-14(17)7-6-13(16)5/h6-7,10-12,15,18H,8-9H2,1-5H3. The number of halogens is 1. The molecule has 2 heteroatoms. The second kappa shape index (κ2) is 7.04. The first-order valence-corrected chi connectivity index (χ1v) is 7.29. The molecule has 0 spiro atoms. The van der Waals surface area contributed by atoms with Crippen LogP contribution in [0.25, 0.3) is 0 Å². The molecule has 0 aliphatic heterocycles. The molecule has 102 valence electrons. The Kier molecular flexibility index (Phi) is 6.01. The average molecular weight is 268 g/mol. The van der Waals surface area contributed by atoms with Crippen LogP contribution in [0.2, 0.25) is 5.02 Å². The molecule has 18 heavy (non-hydrogen) atoms. The van der Waals surface area contributed by atoms with Crippen LogP contribution in [-0.4, -0.2) is 6.04 Å². The molecule has 0 radical (unpaired) electrons. The molecule has 1 nitrogen and oxygen atoms in total. The predicted molar refractivity (Wildman–Crippen MR) is 82.5 cm³/mol. The minimum Gasteiger partial charge on any atom is -0.382 e. The SMILES string of the molecule is Cc1ccc(Cl)cc1NC(CC(C)C)CC(C)C. The molecule has 1 aromatic carbocycles. The highest BCUT2D eigenvalue weighted by Gasteiger charge is 2.13. The van der Waals surface area contributed by atoms with E-state index in [-0.39, 0.29) is 0 Å². The van der Waals surface area contributed by atoms with E-state index in [0.717, 1.165) is 5.02 Å². The van der Waals surface area contributed by atoms with Crippen molar-refractivity contribution in [2.45, 2.75) is 53.5 Å². The average Bonchev–Trinajstić information content (AvgIpc) is 2.21. The third-order valence-electron chi connectivity index (χ3n) is 3.07. The number of benzene rings is 1. The van der Waals surface area contributed by atoms with Crippen molar-refractivity contribution in [2.24, 2.45) is 11.8 Å². The summed E-state index contributed by atoms with van der Waals surface area (Å²) in [4.78, 5) is 0. The molecule has 0 unspecified atom stereocenters. The highest BCUT2D eigenvalue weighted by atomic mass is 35.5. The fourth-order valence-corrected chi connectivity index (χ4v) is 2.49. The van der Waals surface area contributed by atoms with Crippen molar-refractivity contribution in [1.29, 1.82) is 0 Å². The van der Waals surface area contributed by atoms with Crippen molar-refractivity contribution < 1.29 is 0 Å². The summed E-state index contributed by atoms with van der Waals surface area (Å²) in [5.41, 5.74) is 2.44. The van der Waals surface area contributed by atoms with E-state index in [0.29, 0.717) is 17.9 Å². The zero-order valence-corrected chi connectivity index (χ0v) is 13.0. The third kappa shape index (κ3) is 5.30. The van der Waals surface area contributed by atoms with Crippen LogP contribution >= 0.6 is 11.6 Å². The normalized spacial score (nSPS) is 11.6. The van der Waals surface area contributed by atoms with Crippen LogP contribution in [0, 0.1) is 18.8 Å². The minimum atomic E-state index is 0.530. The van der Waals surface area contributed by atoms with Crippen LogP contribution in [0.5, 0.6) is 0 Å². The Bertz CT molecular complexity index is 361. The summed E-state index contributed by atoms with van der Waals surface area (Å²) >= 11 is 6.07. The summed E-state index contributed by atoms with van der Waals surface area (Å²) in [6, 6.07) is 6.58. The van der Waals surface area contributed by atoms with Gasteiger partial charge in [-0.1, -0.05) is 45.4 Å². The summed E-state index contributed by atoms with van der Waals surface area (Å²) in [7, 11) is 0. The fourth-order valence-electron chi connectivity index (χ4n) is 2.32. The lowest BCUT2D eigenvalue weighted by molar-refractivity contribution is 0.442. The van der Waals surface area contributed by atoms with E-state index < -0.39 is 0 Å². The molecule has 1 rings (SSSR count). The second-order valence-corrected chi connectivity index (χ2v) is 6.50. The van der Waals surface area contributed by atoms with Gasteiger partial charge in [-0.05, 0) is 49.3 Å². The van der Waals surface area contributed by atoms with Gasteiger partial charge < -0.3 is 5.32 Å². The Hall–Kier alpha value is -0.690. The van der Waals surface area contributed by atoms with Gasteiger partial charge in [0.1, 0.15) is 0 Å². The molecule has 0 bridgehead atoms. The van der Waals surface area contributed by atoms with Gasteiger partial charge in [-0.3, -0.25) is 0 Å². The Morgan fingerprint density at radius 2 is 1.61 bits per heavy atom. The minimum absolute atomic E-state index is 0.530. The van der Waals surface area contributed by atoms with Crippen LogP contribution < -0.4 is 5.32 Å². The first-order chi connectivity index (χ1) is 8.38. The monoisotopic (exact) mass is 267 g/mol. The van der Waals surface area contributed by atoms with Crippen LogP contribution in [0.3, 0.4) is 0 Å². The van der Waals surface area contributed by atoms with Crippen molar-refractivity contribution in [3.8, 4) is 0 Å². The Morgan fingerprint density at radius 1 is 1.06 bits per heavy atom. The van der Waals surface area contributed by atoms with Gasteiger partial charge in [-0.15, -0.1) is 0 Å². The molecule has 0 aliphatic carbocycles. The number of nitrogens with one attached hydrogen (secondary N) is 1. The van der Waals surface area contributed by atoms with Gasteiger partial charge in [-0.2, -0.15) is 0 Å². The zero-order chi connectivity index (χ0) is 13.7. The lowest BCUT2D eigenvalue weighted by Crippen LogP contribution is -2.24. The van der Waals surface area contributed by atoms with Gasteiger partial charge in [0.05, 0.1) is 0 Å². The fraction of sp³-hybridized carbons (Fsp3) is 0.625. The quantitative estimate of drug-likeness (QED) is 0.715. The summed E-state index contributed by atoms with van der Waals surface area (Å²) in [5, 5.41) is 4.47. The van der Waals surface area contributed by atoms with E-state index in [9.17, 15) is 0 Å². The van der Waals surface area contributed by atoms with E-state index in [1.165, 1.54) is 24.1 Å². The van der Waals surface area contributed by atoms with Gasteiger partial charge in [0, 0.05) is 16.8 Å². The maximum absolute atomic E-state index is 6.07. The molecule has 1 N–H and O–H groups in total. The topological polar surface area (TPSA) is 12.0 Å². The summed E-state index contributed by atoms with van der Waals surface area (Å²) < 4.78 is 0. The first-order valence-electron chi connectivity index (χ1n) is 6.91. The van der Waals surface area contributed by atoms with Gasteiger partial charge in [0.25, 0.3) is 0 Å². The molecule has 0 atom stereocenters. The third-order valence-corrected chi connectivity index (χ3v) is 3.31. The van der Waals surface area contributed by atoms with Crippen molar-refractivity contribution in [1.82, 2.24) is 0 Å². The van der Waals surface area contributed by atoms with Gasteiger partial charge in [-0.25, -0.2) is 0 Å². The summed E-state index contributed by atoms with van der Waals surface area (Å²) in [6.07, 6.45) is 2.40. The van der Waals surface area contributed by atoms with Gasteiger partial charge in [0.2, 0.25) is 0 Å². The highest BCUT2D eigenvalue weighted by Crippen LogP contribution is 2.24. The van der Waals surface area contributed by atoms with Crippen LogP contribution in [-0.2, 0) is 0 Å². The van der Waals surface area contributed by atoms with E-state index in [2.05, 4.69) is 46.0 Å². The molecule has 0 saturated heterocycles. The van der Waals surface area contributed by atoms with Crippen LogP contribution in [0.1, 0.15) is 46.1 Å². The van der Waals surface area contributed by atoms with Crippen LogP contribution in [0.15, 0.2) is 18.2 Å². The lowest BCUT2D eigenvalue weighted by atomic mass is 9.95.